The van der Waals surface area contributed by atoms with Crippen LogP contribution in [0.25, 0.3) is 0 Å². The third-order valence-corrected chi connectivity index (χ3v) is 2.70. The molecule has 4 nitrogen and oxygen atoms in total. The van der Waals surface area contributed by atoms with E-state index in [1.54, 1.807) is 6.08 Å². The summed E-state index contributed by atoms with van der Waals surface area (Å²) in [7, 11) is 0. The predicted molar refractivity (Wildman–Crippen MR) is 60.6 cm³/mol. The zero-order chi connectivity index (χ0) is 12.1. The Labute approximate surface area is 94.8 Å². The molecule has 1 aliphatic carbocycles. The smallest absolute Gasteiger partial charge is 0.311 e. The van der Waals surface area contributed by atoms with Crippen LogP contribution in [0.5, 0.6) is 0 Å². The molecule has 0 heterocycles. The zero-order valence-corrected chi connectivity index (χ0v) is 9.40. The van der Waals surface area contributed by atoms with Crippen molar-refractivity contribution in [2.45, 2.75) is 32.6 Å². The summed E-state index contributed by atoms with van der Waals surface area (Å²) in [6.07, 6.45) is 5.46. The van der Waals surface area contributed by atoms with Crippen LogP contribution in [0.3, 0.4) is 0 Å². The van der Waals surface area contributed by atoms with Gasteiger partial charge in [-0.3, -0.25) is 9.59 Å². The maximum Gasteiger partial charge on any atom is 0.311 e. The van der Waals surface area contributed by atoms with Crippen molar-refractivity contribution in [1.82, 2.24) is 0 Å². The number of carbonyl (C=O) groups is 2. The van der Waals surface area contributed by atoms with Crippen molar-refractivity contribution in [3.8, 4) is 0 Å². The molecule has 0 fully saturated rings. The molecule has 0 aliphatic heterocycles. The molecule has 0 bridgehead atoms. The highest BCUT2D eigenvalue weighted by atomic mass is 16.4. The van der Waals surface area contributed by atoms with Crippen molar-refractivity contribution in [3.05, 3.63) is 23.4 Å². The van der Waals surface area contributed by atoms with Gasteiger partial charge in [-0.1, -0.05) is 25.8 Å². The fourth-order valence-corrected chi connectivity index (χ4v) is 1.80. The Balaban J connectivity index is 2.86. The standard InChI is InChI=1S/C12H17NO3/c1-2-3-4-10(12(15)16)9-6-5-8(14)7-11(9)13/h5-6,10H,2-4,7,13H2,1H3,(H,15,16). The van der Waals surface area contributed by atoms with E-state index in [9.17, 15) is 9.59 Å². The molecule has 1 rings (SSSR count). The van der Waals surface area contributed by atoms with Gasteiger partial charge in [0.2, 0.25) is 0 Å². The summed E-state index contributed by atoms with van der Waals surface area (Å²) < 4.78 is 0. The number of unbranched alkanes of at least 4 members (excludes halogenated alkanes) is 1. The molecule has 0 aromatic rings. The SMILES string of the molecule is CCCCC(C(=O)O)C1=C(N)CC(=O)C=C1. The minimum atomic E-state index is -0.870. The highest BCUT2D eigenvalue weighted by Gasteiger charge is 2.24. The van der Waals surface area contributed by atoms with E-state index in [0.29, 0.717) is 17.7 Å². The van der Waals surface area contributed by atoms with Crippen LogP contribution in [0.2, 0.25) is 0 Å². The van der Waals surface area contributed by atoms with Gasteiger partial charge in [0.1, 0.15) is 0 Å². The number of carbonyl (C=O) groups excluding carboxylic acids is 1. The van der Waals surface area contributed by atoms with E-state index in [4.69, 9.17) is 10.8 Å². The van der Waals surface area contributed by atoms with Crippen LogP contribution in [0.1, 0.15) is 32.6 Å². The molecule has 0 aromatic heterocycles. The number of aliphatic carboxylic acids is 1. The second-order valence-corrected chi connectivity index (χ2v) is 3.99. The molecule has 1 atom stereocenters. The maximum atomic E-state index is 11.1. The summed E-state index contributed by atoms with van der Waals surface area (Å²) in [4.78, 5) is 22.2. The van der Waals surface area contributed by atoms with Crippen molar-refractivity contribution in [1.29, 1.82) is 0 Å². The van der Waals surface area contributed by atoms with E-state index in [1.165, 1.54) is 6.08 Å². The van der Waals surface area contributed by atoms with E-state index in [2.05, 4.69) is 0 Å². The van der Waals surface area contributed by atoms with Gasteiger partial charge in [0.25, 0.3) is 0 Å². The molecular formula is C12H17NO3. The maximum absolute atomic E-state index is 11.1. The first-order valence-electron chi connectivity index (χ1n) is 5.48. The quantitative estimate of drug-likeness (QED) is 0.742. The first-order chi connectivity index (χ1) is 7.56. The molecule has 0 aromatic carbocycles. The molecule has 88 valence electrons. The van der Waals surface area contributed by atoms with Crippen LogP contribution in [-0.4, -0.2) is 16.9 Å². The minimum absolute atomic E-state index is 0.0686. The van der Waals surface area contributed by atoms with E-state index < -0.39 is 11.9 Å². The molecule has 1 unspecified atom stereocenters. The lowest BCUT2D eigenvalue weighted by Crippen LogP contribution is -2.22. The average Bonchev–Trinajstić information content (AvgIpc) is 2.20. The van der Waals surface area contributed by atoms with Crippen LogP contribution < -0.4 is 5.73 Å². The van der Waals surface area contributed by atoms with Crippen molar-refractivity contribution in [3.63, 3.8) is 0 Å². The Bertz CT molecular complexity index is 355. The topological polar surface area (TPSA) is 80.4 Å². The van der Waals surface area contributed by atoms with Crippen LogP contribution in [0.15, 0.2) is 23.4 Å². The zero-order valence-electron chi connectivity index (χ0n) is 9.40. The normalized spacial score (nSPS) is 17.7. The summed E-state index contributed by atoms with van der Waals surface area (Å²) in [5.41, 5.74) is 6.72. The number of carboxylic acids is 1. The van der Waals surface area contributed by atoms with E-state index in [1.807, 2.05) is 6.92 Å². The fourth-order valence-electron chi connectivity index (χ4n) is 1.80. The average molecular weight is 223 g/mol. The first-order valence-corrected chi connectivity index (χ1v) is 5.48. The first kappa shape index (κ1) is 12.5. The van der Waals surface area contributed by atoms with Gasteiger partial charge in [0.15, 0.2) is 5.78 Å². The molecule has 0 saturated heterocycles. The van der Waals surface area contributed by atoms with E-state index in [-0.39, 0.29) is 12.2 Å². The van der Waals surface area contributed by atoms with Gasteiger partial charge in [-0.15, -0.1) is 0 Å². The number of hydrogen-bond donors (Lipinski definition) is 2. The van der Waals surface area contributed by atoms with Gasteiger partial charge in [-0.25, -0.2) is 0 Å². The summed E-state index contributed by atoms with van der Waals surface area (Å²) in [5, 5.41) is 9.13. The largest absolute Gasteiger partial charge is 0.481 e. The molecule has 16 heavy (non-hydrogen) atoms. The summed E-state index contributed by atoms with van der Waals surface area (Å²) in [6.45, 7) is 2.01. The molecule has 0 spiro atoms. The summed E-state index contributed by atoms with van der Waals surface area (Å²) in [5.74, 6) is -1.52. The monoisotopic (exact) mass is 223 g/mol. The highest BCUT2D eigenvalue weighted by Crippen LogP contribution is 2.25. The minimum Gasteiger partial charge on any atom is -0.481 e. The third kappa shape index (κ3) is 2.95. The molecular weight excluding hydrogens is 206 g/mol. The number of allylic oxidation sites excluding steroid dienone is 3. The van der Waals surface area contributed by atoms with Crippen LogP contribution in [0.4, 0.5) is 0 Å². The number of nitrogens with two attached hydrogens (primary N) is 1. The molecule has 3 N–H and O–H groups in total. The second kappa shape index (κ2) is 5.49. The van der Waals surface area contributed by atoms with E-state index >= 15 is 0 Å². The van der Waals surface area contributed by atoms with Gasteiger partial charge in [-0.05, 0) is 18.1 Å². The van der Waals surface area contributed by atoms with Crippen LogP contribution in [-0.2, 0) is 9.59 Å². The highest BCUT2D eigenvalue weighted by molar-refractivity contribution is 5.94. The summed E-state index contributed by atoms with van der Waals surface area (Å²) >= 11 is 0. The fraction of sp³-hybridized carbons (Fsp3) is 0.500. The summed E-state index contributed by atoms with van der Waals surface area (Å²) in [6, 6.07) is 0. The molecule has 1 aliphatic rings. The molecule has 4 heteroatoms. The van der Waals surface area contributed by atoms with Gasteiger partial charge in [0.05, 0.1) is 12.3 Å². The lowest BCUT2D eigenvalue weighted by Gasteiger charge is -2.18. The lowest BCUT2D eigenvalue weighted by atomic mass is 9.88. The van der Waals surface area contributed by atoms with Crippen molar-refractivity contribution in [2.24, 2.45) is 11.7 Å². The van der Waals surface area contributed by atoms with E-state index in [0.717, 1.165) is 12.8 Å². The third-order valence-electron chi connectivity index (χ3n) is 2.70. The molecule has 0 saturated carbocycles. The second-order valence-electron chi connectivity index (χ2n) is 3.99. The number of ketones is 1. The van der Waals surface area contributed by atoms with Gasteiger partial charge >= 0.3 is 5.97 Å². The van der Waals surface area contributed by atoms with Gasteiger partial charge in [0, 0.05) is 5.70 Å². The Morgan fingerprint density at radius 1 is 1.56 bits per heavy atom. The van der Waals surface area contributed by atoms with Crippen molar-refractivity contribution < 1.29 is 14.7 Å². The number of carboxylic acid groups (broad SMARTS) is 1. The van der Waals surface area contributed by atoms with Crippen LogP contribution >= 0.6 is 0 Å². The van der Waals surface area contributed by atoms with Crippen molar-refractivity contribution in [2.75, 3.05) is 0 Å². The van der Waals surface area contributed by atoms with Crippen LogP contribution in [0, 0.1) is 5.92 Å². The Hall–Kier alpha value is -1.58. The Kier molecular flexibility index (Phi) is 4.28. The molecule has 0 radical (unpaired) electrons. The number of rotatable bonds is 5. The predicted octanol–water partition coefficient (Wildman–Crippen LogP) is 1.62. The Morgan fingerprint density at radius 2 is 2.25 bits per heavy atom. The molecule has 0 amide bonds. The van der Waals surface area contributed by atoms with Gasteiger partial charge in [-0.2, -0.15) is 0 Å². The number of hydrogen-bond acceptors (Lipinski definition) is 3. The van der Waals surface area contributed by atoms with Gasteiger partial charge < -0.3 is 10.8 Å². The van der Waals surface area contributed by atoms with Crippen molar-refractivity contribution >= 4 is 11.8 Å². The Morgan fingerprint density at radius 3 is 2.75 bits per heavy atom. The lowest BCUT2D eigenvalue weighted by molar-refractivity contribution is -0.140.